The van der Waals surface area contributed by atoms with Crippen molar-refractivity contribution in [2.24, 2.45) is 0 Å². The molecule has 0 aromatic heterocycles. The van der Waals surface area contributed by atoms with Crippen LogP contribution in [0.1, 0.15) is 34.6 Å². The first-order valence-corrected chi connectivity index (χ1v) is 4.93. The van der Waals surface area contributed by atoms with E-state index in [-0.39, 0.29) is 5.91 Å². The van der Waals surface area contributed by atoms with Crippen LogP contribution in [0.2, 0.25) is 0 Å². The van der Waals surface area contributed by atoms with Crippen LogP contribution < -0.4 is 10.6 Å². The van der Waals surface area contributed by atoms with Crippen LogP contribution >= 0.6 is 0 Å². The Bertz CT molecular complexity index is 292. The van der Waals surface area contributed by atoms with E-state index in [1.54, 1.807) is 20.8 Å². The summed E-state index contributed by atoms with van der Waals surface area (Å²) in [7, 11) is 0. The molecule has 1 heterocycles. The minimum Gasteiger partial charge on any atom is -0.444 e. The highest BCUT2D eigenvalue weighted by Crippen LogP contribution is 2.19. The van der Waals surface area contributed by atoms with E-state index >= 15 is 0 Å². The molecule has 2 N–H and O–H groups in total. The van der Waals surface area contributed by atoms with Gasteiger partial charge in [0, 0.05) is 0 Å². The molecule has 5 nitrogen and oxygen atoms in total. The molecule has 1 aliphatic rings. The standard InChI is InChI=1S/C10H18N2O3/c1-9(2,3)15-8(14)11-6-7(13)12-10(6,4)5/h6H,1-5H3,(H,11,14)(H,12,13)/t6-/m1/s1. The number of carbonyl (C=O) groups excluding carboxylic acids is 2. The number of carbonyl (C=O) groups is 2. The first kappa shape index (κ1) is 11.8. The van der Waals surface area contributed by atoms with Crippen molar-refractivity contribution in [3.63, 3.8) is 0 Å². The van der Waals surface area contributed by atoms with Gasteiger partial charge in [-0.05, 0) is 34.6 Å². The number of alkyl carbamates (subject to hydrolysis) is 1. The van der Waals surface area contributed by atoms with E-state index in [9.17, 15) is 9.59 Å². The maximum Gasteiger partial charge on any atom is 0.408 e. The number of nitrogens with one attached hydrogen (secondary N) is 2. The highest BCUT2D eigenvalue weighted by atomic mass is 16.6. The van der Waals surface area contributed by atoms with Crippen LogP contribution in [-0.4, -0.2) is 29.2 Å². The minimum atomic E-state index is -0.560. The smallest absolute Gasteiger partial charge is 0.408 e. The van der Waals surface area contributed by atoms with Gasteiger partial charge >= 0.3 is 6.09 Å². The van der Waals surface area contributed by atoms with Crippen molar-refractivity contribution in [1.29, 1.82) is 0 Å². The van der Waals surface area contributed by atoms with E-state index in [0.717, 1.165) is 0 Å². The fourth-order valence-corrected chi connectivity index (χ4v) is 1.38. The topological polar surface area (TPSA) is 67.4 Å². The van der Waals surface area contributed by atoms with Crippen LogP contribution in [-0.2, 0) is 9.53 Å². The largest absolute Gasteiger partial charge is 0.444 e. The second kappa shape index (κ2) is 3.40. The fourth-order valence-electron chi connectivity index (χ4n) is 1.38. The lowest BCUT2D eigenvalue weighted by molar-refractivity contribution is -0.135. The molecule has 86 valence electrons. The van der Waals surface area contributed by atoms with E-state index in [0.29, 0.717) is 0 Å². The summed E-state index contributed by atoms with van der Waals surface area (Å²) in [6, 6.07) is -0.507. The molecular formula is C10H18N2O3. The molecule has 0 aromatic rings. The van der Waals surface area contributed by atoms with Gasteiger partial charge in [0.05, 0.1) is 5.54 Å². The average molecular weight is 214 g/mol. The van der Waals surface area contributed by atoms with Gasteiger partial charge in [-0.15, -0.1) is 0 Å². The summed E-state index contributed by atoms with van der Waals surface area (Å²) in [6.07, 6.45) is -0.560. The molecule has 0 aromatic carbocycles. The molecule has 0 radical (unpaired) electrons. The van der Waals surface area contributed by atoms with Crippen molar-refractivity contribution in [3.05, 3.63) is 0 Å². The third-order valence-corrected chi connectivity index (χ3v) is 2.09. The van der Waals surface area contributed by atoms with Gasteiger partial charge in [0.15, 0.2) is 0 Å². The van der Waals surface area contributed by atoms with E-state index in [1.165, 1.54) is 0 Å². The third kappa shape index (κ3) is 2.84. The molecule has 2 amide bonds. The lowest BCUT2D eigenvalue weighted by atomic mass is 9.86. The fraction of sp³-hybridized carbons (Fsp3) is 0.800. The predicted molar refractivity (Wildman–Crippen MR) is 55.4 cm³/mol. The summed E-state index contributed by atoms with van der Waals surface area (Å²) in [5, 5.41) is 5.23. The van der Waals surface area contributed by atoms with Crippen LogP contribution in [0.3, 0.4) is 0 Å². The number of hydrogen-bond donors (Lipinski definition) is 2. The summed E-state index contributed by atoms with van der Waals surface area (Å²) in [5.41, 5.74) is -0.942. The molecule has 0 unspecified atom stereocenters. The highest BCUT2D eigenvalue weighted by molar-refractivity contribution is 5.93. The lowest BCUT2D eigenvalue weighted by Gasteiger charge is -2.44. The first-order chi connectivity index (χ1) is 6.62. The van der Waals surface area contributed by atoms with E-state index in [2.05, 4.69) is 10.6 Å². The van der Waals surface area contributed by atoms with Gasteiger partial charge in [0.1, 0.15) is 11.6 Å². The van der Waals surface area contributed by atoms with Gasteiger partial charge in [-0.1, -0.05) is 0 Å². The van der Waals surface area contributed by atoms with Gasteiger partial charge in [-0.3, -0.25) is 4.79 Å². The van der Waals surface area contributed by atoms with Gasteiger partial charge in [-0.2, -0.15) is 0 Å². The second-order valence-corrected chi connectivity index (χ2v) is 5.29. The maximum atomic E-state index is 11.4. The van der Waals surface area contributed by atoms with Gasteiger partial charge < -0.3 is 15.4 Å². The molecule has 1 atom stereocenters. The second-order valence-electron chi connectivity index (χ2n) is 5.29. The molecule has 0 aliphatic carbocycles. The normalized spacial score (nSPS) is 23.8. The van der Waals surface area contributed by atoms with E-state index in [1.807, 2.05) is 13.8 Å². The zero-order valence-electron chi connectivity index (χ0n) is 9.80. The number of rotatable bonds is 1. The summed E-state index contributed by atoms with van der Waals surface area (Å²) in [4.78, 5) is 22.5. The quantitative estimate of drug-likeness (QED) is 0.634. The highest BCUT2D eigenvalue weighted by Gasteiger charge is 2.47. The Kier molecular flexibility index (Phi) is 2.67. The van der Waals surface area contributed by atoms with Crippen molar-refractivity contribution < 1.29 is 14.3 Å². The number of amides is 2. The number of hydrogen-bond acceptors (Lipinski definition) is 3. The van der Waals surface area contributed by atoms with Crippen molar-refractivity contribution >= 4 is 12.0 Å². The molecular weight excluding hydrogens is 196 g/mol. The Labute approximate surface area is 89.6 Å². The van der Waals surface area contributed by atoms with E-state index in [4.69, 9.17) is 4.74 Å². The Balaban J connectivity index is 2.49. The van der Waals surface area contributed by atoms with Crippen LogP contribution in [0.4, 0.5) is 4.79 Å². The summed E-state index contributed by atoms with van der Waals surface area (Å²) < 4.78 is 5.06. The number of β-lactam (4-membered cyclic amide) rings is 1. The lowest BCUT2D eigenvalue weighted by Crippen LogP contribution is -2.75. The first-order valence-electron chi connectivity index (χ1n) is 4.93. The van der Waals surface area contributed by atoms with Crippen molar-refractivity contribution in [1.82, 2.24) is 10.6 Å². The minimum absolute atomic E-state index is 0.175. The van der Waals surface area contributed by atoms with Crippen LogP contribution in [0.15, 0.2) is 0 Å². The Morgan fingerprint density at radius 2 is 2.00 bits per heavy atom. The molecule has 0 bridgehead atoms. The van der Waals surface area contributed by atoms with E-state index < -0.39 is 23.3 Å². The molecule has 1 fully saturated rings. The molecule has 0 saturated carbocycles. The van der Waals surface area contributed by atoms with Gasteiger partial charge in [-0.25, -0.2) is 4.79 Å². The Morgan fingerprint density at radius 3 is 2.33 bits per heavy atom. The SMILES string of the molecule is CC(C)(C)OC(=O)N[C@@H]1C(=O)NC1(C)C. The third-order valence-electron chi connectivity index (χ3n) is 2.09. The molecule has 5 heteroatoms. The molecule has 15 heavy (non-hydrogen) atoms. The van der Waals surface area contributed by atoms with Crippen LogP contribution in [0.5, 0.6) is 0 Å². The average Bonchev–Trinajstić information content (AvgIpc) is 1.96. The van der Waals surface area contributed by atoms with Gasteiger partial charge in [0.25, 0.3) is 0 Å². The van der Waals surface area contributed by atoms with Crippen molar-refractivity contribution in [2.45, 2.75) is 51.8 Å². The van der Waals surface area contributed by atoms with Crippen molar-refractivity contribution in [2.75, 3.05) is 0 Å². The Morgan fingerprint density at radius 1 is 1.47 bits per heavy atom. The summed E-state index contributed by atoms with van der Waals surface area (Å²) in [5.74, 6) is -0.175. The zero-order chi connectivity index (χ0) is 11.9. The summed E-state index contributed by atoms with van der Waals surface area (Å²) >= 11 is 0. The van der Waals surface area contributed by atoms with Crippen LogP contribution in [0.25, 0.3) is 0 Å². The maximum absolute atomic E-state index is 11.4. The van der Waals surface area contributed by atoms with Crippen LogP contribution in [0, 0.1) is 0 Å². The molecule has 0 spiro atoms. The predicted octanol–water partition coefficient (Wildman–Crippen LogP) is 0.788. The molecule has 1 rings (SSSR count). The van der Waals surface area contributed by atoms with Gasteiger partial charge in [0.2, 0.25) is 5.91 Å². The monoisotopic (exact) mass is 214 g/mol. The Hall–Kier alpha value is -1.26. The summed E-state index contributed by atoms with van der Waals surface area (Å²) in [6.45, 7) is 9.02. The number of ether oxygens (including phenoxy) is 1. The van der Waals surface area contributed by atoms with Crippen molar-refractivity contribution in [3.8, 4) is 0 Å². The molecule has 1 aliphatic heterocycles. The zero-order valence-corrected chi connectivity index (χ0v) is 9.80. The molecule has 1 saturated heterocycles.